The number of aromatic nitrogens is 2. The van der Waals surface area contributed by atoms with Crippen LogP contribution in [0.5, 0.6) is 0 Å². The molecule has 1 amide bonds. The zero-order chi connectivity index (χ0) is 20.8. The van der Waals surface area contributed by atoms with Crippen molar-refractivity contribution in [3.63, 3.8) is 0 Å². The largest absolute Gasteiger partial charge is 0.379 e. The van der Waals surface area contributed by atoms with E-state index in [0.29, 0.717) is 6.54 Å². The molecule has 1 aliphatic heterocycles. The number of ether oxygens (including phenoxy) is 1. The van der Waals surface area contributed by atoms with Gasteiger partial charge in [0.25, 0.3) is 5.91 Å². The Labute approximate surface area is 178 Å². The number of morpholine rings is 1. The lowest BCUT2D eigenvalue weighted by atomic mass is 10.1. The van der Waals surface area contributed by atoms with Crippen LogP contribution in [0.25, 0.3) is 17.1 Å². The van der Waals surface area contributed by atoms with Gasteiger partial charge >= 0.3 is 0 Å². The molecule has 0 bridgehead atoms. The van der Waals surface area contributed by atoms with Crippen molar-refractivity contribution in [1.82, 2.24) is 19.6 Å². The van der Waals surface area contributed by atoms with E-state index in [-0.39, 0.29) is 5.57 Å². The maximum Gasteiger partial charge on any atom is 0.262 e. The Morgan fingerprint density at radius 2 is 2.13 bits per heavy atom. The highest BCUT2D eigenvalue weighted by atomic mass is 32.2. The lowest BCUT2D eigenvalue weighted by molar-refractivity contribution is -0.117. The van der Waals surface area contributed by atoms with E-state index in [9.17, 15) is 10.1 Å². The number of nitrogens with one attached hydrogen (secondary N) is 2. The summed E-state index contributed by atoms with van der Waals surface area (Å²) < 4.78 is 7.66. The Balaban J connectivity index is 1.45. The van der Waals surface area contributed by atoms with Crippen LogP contribution in [0.1, 0.15) is 11.1 Å². The van der Waals surface area contributed by atoms with Crippen LogP contribution in [-0.2, 0) is 16.1 Å². The van der Waals surface area contributed by atoms with E-state index < -0.39 is 5.91 Å². The number of benzene rings is 1. The van der Waals surface area contributed by atoms with E-state index in [1.165, 1.54) is 0 Å². The molecule has 1 fully saturated rings. The molecule has 1 saturated heterocycles. The van der Waals surface area contributed by atoms with Gasteiger partial charge in [-0.25, -0.2) is 9.29 Å². The summed E-state index contributed by atoms with van der Waals surface area (Å²) in [5, 5.41) is 13.2. The maximum atomic E-state index is 12.6. The number of amides is 1. The third-order valence-electron chi connectivity index (χ3n) is 4.76. The van der Waals surface area contributed by atoms with E-state index in [1.807, 2.05) is 42.5 Å². The number of pyridine rings is 1. The monoisotopic (exact) mass is 419 g/mol. The molecule has 3 aromatic rings. The molecule has 2 aromatic heterocycles. The summed E-state index contributed by atoms with van der Waals surface area (Å²) in [6.07, 6.45) is 5.03. The fourth-order valence-corrected chi connectivity index (χ4v) is 4.19. The number of nitrogens with zero attached hydrogens (tertiary/aromatic N) is 3. The summed E-state index contributed by atoms with van der Waals surface area (Å²) in [5.41, 5.74) is 2.54. The number of carbonyl (C=O) groups excluding carboxylic acids is 1. The molecule has 4 rings (SSSR count). The SMILES string of the molecule is N#C/C(=C\c1c[nH]c2ncccc12)C(=O)NCc1ccccc1SN1CCOCC1. The van der Waals surface area contributed by atoms with Crippen LogP contribution in [0, 0.1) is 11.3 Å². The van der Waals surface area contributed by atoms with Gasteiger partial charge in [0.2, 0.25) is 0 Å². The zero-order valence-corrected chi connectivity index (χ0v) is 17.1. The fourth-order valence-electron chi connectivity index (χ4n) is 3.19. The molecule has 8 heteroatoms. The average Bonchev–Trinajstić information content (AvgIpc) is 3.20. The first-order chi connectivity index (χ1) is 14.7. The smallest absolute Gasteiger partial charge is 0.262 e. The molecule has 0 spiro atoms. The number of carbonyl (C=O) groups is 1. The molecule has 0 radical (unpaired) electrons. The third-order valence-corrected chi connectivity index (χ3v) is 5.98. The van der Waals surface area contributed by atoms with Gasteiger partial charge in [-0.2, -0.15) is 5.26 Å². The summed E-state index contributed by atoms with van der Waals surface area (Å²) in [5.74, 6) is -0.401. The van der Waals surface area contributed by atoms with Crippen LogP contribution in [0.2, 0.25) is 0 Å². The molecule has 30 heavy (non-hydrogen) atoms. The van der Waals surface area contributed by atoms with Gasteiger partial charge in [0.05, 0.1) is 13.2 Å². The van der Waals surface area contributed by atoms with Crippen LogP contribution in [0.3, 0.4) is 0 Å². The number of nitriles is 1. The quantitative estimate of drug-likeness (QED) is 0.362. The van der Waals surface area contributed by atoms with Crippen molar-refractivity contribution in [3.8, 4) is 6.07 Å². The molecule has 0 atom stereocenters. The van der Waals surface area contributed by atoms with Crippen LogP contribution < -0.4 is 5.32 Å². The van der Waals surface area contributed by atoms with Crippen LogP contribution >= 0.6 is 11.9 Å². The molecule has 1 aliphatic rings. The van der Waals surface area contributed by atoms with Gasteiger partial charge in [0.15, 0.2) is 0 Å². The molecular weight excluding hydrogens is 398 g/mol. The minimum atomic E-state index is -0.401. The van der Waals surface area contributed by atoms with Crippen molar-refractivity contribution in [1.29, 1.82) is 5.26 Å². The van der Waals surface area contributed by atoms with Gasteiger partial charge in [-0.05, 0) is 41.8 Å². The predicted octanol–water partition coefficient (Wildman–Crippen LogP) is 3.13. The van der Waals surface area contributed by atoms with Crippen molar-refractivity contribution in [3.05, 3.63) is 65.5 Å². The molecule has 0 saturated carbocycles. The standard InChI is InChI=1S/C22H21N5O2S/c23-13-17(12-18-15-25-21-19(18)5-3-7-24-21)22(28)26-14-16-4-1-2-6-20(16)30-27-8-10-29-11-9-27/h1-7,12,15H,8-11,14H2,(H,24,25)(H,26,28)/b17-12+. The molecule has 152 valence electrons. The van der Waals surface area contributed by atoms with Gasteiger partial charge in [-0.15, -0.1) is 0 Å². The van der Waals surface area contributed by atoms with Gasteiger partial charge < -0.3 is 15.0 Å². The summed E-state index contributed by atoms with van der Waals surface area (Å²) in [4.78, 5) is 21.0. The van der Waals surface area contributed by atoms with E-state index in [0.717, 1.165) is 53.4 Å². The second-order valence-electron chi connectivity index (χ2n) is 6.74. The molecule has 7 nitrogen and oxygen atoms in total. The zero-order valence-electron chi connectivity index (χ0n) is 16.3. The number of rotatable bonds is 6. The average molecular weight is 420 g/mol. The van der Waals surface area contributed by atoms with Crippen LogP contribution in [-0.4, -0.2) is 46.5 Å². The lowest BCUT2D eigenvalue weighted by Gasteiger charge is -2.26. The summed E-state index contributed by atoms with van der Waals surface area (Å²) in [6, 6.07) is 13.7. The van der Waals surface area contributed by atoms with Gasteiger partial charge in [0.1, 0.15) is 17.3 Å². The fraction of sp³-hybridized carbons (Fsp3) is 0.227. The van der Waals surface area contributed by atoms with Crippen LogP contribution in [0.4, 0.5) is 0 Å². The van der Waals surface area contributed by atoms with Crippen molar-refractivity contribution < 1.29 is 9.53 Å². The maximum absolute atomic E-state index is 12.6. The number of aromatic amines is 1. The summed E-state index contributed by atoms with van der Waals surface area (Å²) in [7, 11) is 0. The molecular formula is C22H21N5O2S. The Morgan fingerprint density at radius 3 is 2.97 bits per heavy atom. The van der Waals surface area contributed by atoms with Crippen molar-refractivity contribution >= 4 is 35.0 Å². The topological polar surface area (TPSA) is 94.0 Å². The molecule has 2 N–H and O–H groups in total. The first kappa shape index (κ1) is 20.2. The second kappa shape index (κ2) is 9.59. The number of hydrogen-bond donors (Lipinski definition) is 2. The third kappa shape index (κ3) is 4.71. The molecule has 0 unspecified atom stereocenters. The number of fused-ring (bicyclic) bond motifs is 1. The van der Waals surface area contributed by atoms with Crippen LogP contribution in [0.15, 0.2) is 59.3 Å². The van der Waals surface area contributed by atoms with Crippen molar-refractivity contribution in [2.75, 3.05) is 26.3 Å². The minimum Gasteiger partial charge on any atom is -0.379 e. The predicted molar refractivity (Wildman–Crippen MR) is 116 cm³/mol. The minimum absolute atomic E-state index is 0.0538. The second-order valence-corrected chi connectivity index (χ2v) is 7.88. The summed E-state index contributed by atoms with van der Waals surface area (Å²) >= 11 is 1.67. The van der Waals surface area contributed by atoms with Gasteiger partial charge in [0, 0.05) is 47.9 Å². The van der Waals surface area contributed by atoms with Crippen molar-refractivity contribution in [2.45, 2.75) is 11.4 Å². The van der Waals surface area contributed by atoms with Crippen molar-refractivity contribution in [2.24, 2.45) is 0 Å². The van der Waals surface area contributed by atoms with E-state index in [4.69, 9.17) is 4.74 Å². The summed E-state index contributed by atoms with van der Waals surface area (Å²) in [6.45, 7) is 3.54. The molecule has 1 aromatic carbocycles. The van der Waals surface area contributed by atoms with Gasteiger partial charge in [-0.1, -0.05) is 18.2 Å². The Bertz CT molecular complexity index is 1110. The Morgan fingerprint density at radius 1 is 1.30 bits per heavy atom. The lowest BCUT2D eigenvalue weighted by Crippen LogP contribution is -2.31. The molecule has 0 aliphatic carbocycles. The highest BCUT2D eigenvalue weighted by Crippen LogP contribution is 2.27. The van der Waals surface area contributed by atoms with E-state index in [1.54, 1.807) is 30.4 Å². The van der Waals surface area contributed by atoms with Gasteiger partial charge in [-0.3, -0.25) is 4.79 Å². The van der Waals surface area contributed by atoms with E-state index in [2.05, 4.69) is 19.6 Å². The highest BCUT2D eigenvalue weighted by molar-refractivity contribution is 7.97. The first-order valence-corrected chi connectivity index (χ1v) is 10.4. The Hall–Kier alpha value is -3.12. The highest BCUT2D eigenvalue weighted by Gasteiger charge is 2.15. The Kier molecular flexibility index (Phi) is 6.44. The normalized spacial score (nSPS) is 15.1. The number of H-pyrrole nitrogens is 1. The number of hydrogen-bond acceptors (Lipinski definition) is 6. The van der Waals surface area contributed by atoms with E-state index >= 15 is 0 Å². The first-order valence-electron chi connectivity index (χ1n) is 9.65. The molecule has 3 heterocycles.